The van der Waals surface area contributed by atoms with E-state index in [1.807, 2.05) is 0 Å². The van der Waals surface area contributed by atoms with E-state index in [-0.39, 0.29) is 40.8 Å². The number of carbonyl (C=O) groups excluding carboxylic acids is 2. The molecule has 5 fully saturated rings. The first kappa shape index (κ1) is 25.7. The van der Waals surface area contributed by atoms with Gasteiger partial charge in [0.2, 0.25) is 0 Å². The highest BCUT2D eigenvalue weighted by Crippen LogP contribution is 2.68. The number of nitrogens with zero attached hydrogens (tertiary/aromatic N) is 1. The second-order valence-corrected chi connectivity index (χ2v) is 14.0. The first-order valence-corrected chi connectivity index (χ1v) is 14.6. The molecule has 5 rings (SSSR count). The van der Waals surface area contributed by atoms with Crippen LogP contribution in [0, 0.1) is 52.3 Å². The zero-order valence-corrected chi connectivity index (χ0v) is 22.8. The zero-order chi connectivity index (χ0) is 25.1. The second-order valence-electron chi connectivity index (χ2n) is 14.0. The fourth-order valence-electron chi connectivity index (χ4n) is 10.1. The van der Waals surface area contributed by atoms with Crippen molar-refractivity contribution in [3.8, 4) is 0 Å². The van der Waals surface area contributed by atoms with Crippen molar-refractivity contribution in [2.45, 2.75) is 105 Å². The highest BCUT2D eigenvalue weighted by Gasteiger charge is 2.65. The van der Waals surface area contributed by atoms with Gasteiger partial charge >= 0.3 is 5.97 Å². The van der Waals surface area contributed by atoms with Gasteiger partial charge in [-0.25, -0.2) is 0 Å². The molecule has 10 atom stereocenters. The maximum absolute atomic E-state index is 13.4. The van der Waals surface area contributed by atoms with Crippen molar-refractivity contribution < 1.29 is 19.4 Å². The average molecular weight is 488 g/mol. The Bertz CT molecular complexity index is 821. The molecule has 5 nitrogen and oxygen atoms in total. The summed E-state index contributed by atoms with van der Waals surface area (Å²) >= 11 is 0. The number of esters is 1. The molecule has 0 bridgehead atoms. The second kappa shape index (κ2) is 9.42. The summed E-state index contributed by atoms with van der Waals surface area (Å²) < 4.78 is 6.51. The number of ketones is 1. The summed E-state index contributed by atoms with van der Waals surface area (Å²) in [6.45, 7) is 13.4. The van der Waals surface area contributed by atoms with E-state index in [4.69, 9.17) is 4.74 Å². The lowest BCUT2D eigenvalue weighted by Gasteiger charge is -2.63. The van der Waals surface area contributed by atoms with E-state index < -0.39 is 0 Å². The Balaban J connectivity index is 1.42. The molecule has 4 aliphatic carbocycles. The summed E-state index contributed by atoms with van der Waals surface area (Å²) in [6, 6.07) is 0. The predicted molar refractivity (Wildman–Crippen MR) is 137 cm³/mol. The van der Waals surface area contributed by atoms with Crippen molar-refractivity contribution in [3.63, 3.8) is 0 Å². The van der Waals surface area contributed by atoms with Gasteiger partial charge in [0.15, 0.2) is 0 Å². The quantitative estimate of drug-likeness (QED) is 0.559. The molecule has 4 saturated carbocycles. The molecule has 0 radical (unpaired) electrons. The van der Waals surface area contributed by atoms with Gasteiger partial charge in [-0.1, -0.05) is 27.7 Å². The van der Waals surface area contributed by atoms with Crippen molar-refractivity contribution in [3.05, 3.63) is 0 Å². The number of aliphatic hydroxyl groups is 1. The van der Waals surface area contributed by atoms with E-state index in [0.29, 0.717) is 36.0 Å². The molecule has 1 aliphatic heterocycles. The molecule has 0 spiro atoms. The minimum atomic E-state index is -0.213. The summed E-state index contributed by atoms with van der Waals surface area (Å²) in [5, 5.41) is 10.7. The van der Waals surface area contributed by atoms with Crippen molar-refractivity contribution in [1.82, 2.24) is 4.90 Å². The van der Waals surface area contributed by atoms with Gasteiger partial charge in [0.25, 0.3) is 0 Å². The number of ether oxygens (including phenoxy) is 1. The Labute approximate surface area is 212 Å². The van der Waals surface area contributed by atoms with Crippen LogP contribution < -0.4 is 0 Å². The van der Waals surface area contributed by atoms with E-state index >= 15 is 0 Å². The van der Waals surface area contributed by atoms with Crippen molar-refractivity contribution in [2.24, 2.45) is 52.3 Å². The lowest BCUT2D eigenvalue weighted by atomic mass is 9.43. The largest absolute Gasteiger partial charge is 0.461 e. The Morgan fingerprint density at radius 2 is 1.69 bits per heavy atom. The summed E-state index contributed by atoms with van der Waals surface area (Å²) in [7, 11) is 0. The minimum Gasteiger partial charge on any atom is -0.461 e. The van der Waals surface area contributed by atoms with Crippen LogP contribution in [0.3, 0.4) is 0 Å². The van der Waals surface area contributed by atoms with Gasteiger partial charge in [-0.15, -0.1) is 0 Å². The van der Waals surface area contributed by atoms with Gasteiger partial charge in [0.05, 0.1) is 12.6 Å². The van der Waals surface area contributed by atoms with Gasteiger partial charge in [0.1, 0.15) is 11.9 Å². The zero-order valence-electron chi connectivity index (χ0n) is 22.8. The lowest BCUT2D eigenvalue weighted by Crippen LogP contribution is -2.61. The van der Waals surface area contributed by atoms with Crippen LogP contribution in [0.2, 0.25) is 0 Å². The van der Waals surface area contributed by atoms with E-state index in [1.54, 1.807) is 6.92 Å². The molecule has 35 heavy (non-hydrogen) atoms. The Morgan fingerprint density at radius 1 is 0.971 bits per heavy atom. The van der Waals surface area contributed by atoms with E-state index in [9.17, 15) is 14.7 Å². The number of hydrogen-bond donors (Lipinski definition) is 1. The molecule has 5 aliphatic rings. The third-order valence-electron chi connectivity index (χ3n) is 11.9. The van der Waals surface area contributed by atoms with Gasteiger partial charge < -0.3 is 9.84 Å². The number of carbonyl (C=O) groups is 2. The van der Waals surface area contributed by atoms with E-state index in [2.05, 4.69) is 32.6 Å². The Hall–Kier alpha value is -0.940. The van der Waals surface area contributed by atoms with E-state index in [1.165, 1.54) is 0 Å². The first-order valence-electron chi connectivity index (χ1n) is 14.6. The summed E-state index contributed by atoms with van der Waals surface area (Å²) in [4.78, 5) is 28.3. The van der Waals surface area contributed by atoms with Crippen LogP contribution in [0.25, 0.3) is 0 Å². The molecule has 0 unspecified atom stereocenters. The molecule has 0 aromatic rings. The number of aliphatic hydroxyl groups excluding tert-OH is 1. The normalized spacial score (nSPS) is 48.5. The van der Waals surface area contributed by atoms with Crippen LogP contribution in [0.15, 0.2) is 0 Å². The van der Waals surface area contributed by atoms with Gasteiger partial charge in [-0.05, 0) is 118 Å². The summed E-state index contributed by atoms with van der Waals surface area (Å²) in [5.74, 6) is 3.24. The topological polar surface area (TPSA) is 66.8 Å². The van der Waals surface area contributed by atoms with Gasteiger partial charge in [-0.2, -0.15) is 0 Å². The number of fused-ring (bicyclic) bond motifs is 5. The van der Waals surface area contributed by atoms with Crippen LogP contribution in [0.5, 0.6) is 0 Å². The van der Waals surface area contributed by atoms with Crippen LogP contribution in [0.4, 0.5) is 0 Å². The monoisotopic (exact) mass is 487 g/mol. The summed E-state index contributed by atoms with van der Waals surface area (Å²) in [6.07, 6.45) is 9.12. The number of piperidine rings is 1. The molecule has 198 valence electrons. The number of Topliss-reactive ketones (excluding diaryl/α,β-unsaturated/α-hetero) is 1. The molecule has 1 saturated heterocycles. The maximum atomic E-state index is 13.4. The standard InChI is InChI=1S/C30H49NO4/c1-18-10-12-31(13-11-18)17-27(34)35-26-16-30(5)23(20(3)32)8-9-24(30)22-7-6-21-14-25(33)19(2)15-29(21,4)28(22)26/h18-19,21-26,28,33H,6-17H2,1-5H3/t19-,21-,22-,23+,24-,25-,26-,28+,29-,30+/m0/s1. The third-order valence-corrected chi connectivity index (χ3v) is 11.9. The maximum Gasteiger partial charge on any atom is 0.320 e. The molecule has 0 aromatic heterocycles. The minimum absolute atomic E-state index is 0.0680. The molecule has 1 heterocycles. The van der Waals surface area contributed by atoms with Gasteiger partial charge in [0, 0.05) is 11.8 Å². The highest BCUT2D eigenvalue weighted by atomic mass is 16.5. The smallest absolute Gasteiger partial charge is 0.320 e. The van der Waals surface area contributed by atoms with Crippen LogP contribution in [-0.4, -0.2) is 53.6 Å². The Morgan fingerprint density at radius 3 is 2.37 bits per heavy atom. The van der Waals surface area contributed by atoms with Crippen molar-refractivity contribution in [1.29, 1.82) is 0 Å². The third kappa shape index (κ3) is 4.41. The molecule has 0 aromatic carbocycles. The van der Waals surface area contributed by atoms with E-state index in [0.717, 1.165) is 76.8 Å². The lowest BCUT2D eigenvalue weighted by molar-refractivity contribution is -0.204. The number of rotatable bonds is 4. The Kier molecular flexibility index (Phi) is 6.92. The fourth-order valence-corrected chi connectivity index (χ4v) is 10.1. The van der Waals surface area contributed by atoms with Crippen LogP contribution in [-0.2, 0) is 14.3 Å². The fraction of sp³-hybridized carbons (Fsp3) is 0.933. The van der Waals surface area contributed by atoms with Crippen LogP contribution in [0.1, 0.15) is 92.4 Å². The van der Waals surface area contributed by atoms with Crippen molar-refractivity contribution in [2.75, 3.05) is 19.6 Å². The summed E-state index contributed by atoms with van der Waals surface area (Å²) in [5.41, 5.74) is 0.0181. The molecule has 5 heteroatoms. The SMILES string of the molecule is CC(=O)[C@H]1CC[C@H]2[C@@H]3CC[C@H]4C[C@H](O)[C@@H](C)C[C@]4(C)[C@H]3[C@@H](OC(=O)CN3CCC(C)CC3)C[C@]12C. The van der Waals surface area contributed by atoms with Crippen LogP contribution >= 0.6 is 0 Å². The van der Waals surface area contributed by atoms with Crippen molar-refractivity contribution >= 4 is 11.8 Å². The molecular formula is C30H49NO4. The first-order chi connectivity index (χ1) is 16.5. The number of likely N-dealkylation sites (tertiary alicyclic amines) is 1. The molecular weight excluding hydrogens is 438 g/mol. The average Bonchev–Trinajstić information content (AvgIpc) is 3.13. The number of hydrogen-bond acceptors (Lipinski definition) is 5. The highest BCUT2D eigenvalue weighted by molar-refractivity contribution is 5.79. The predicted octanol–water partition coefficient (Wildman–Crippen LogP) is 5.09. The molecule has 0 amide bonds. The van der Waals surface area contributed by atoms with Gasteiger partial charge in [-0.3, -0.25) is 14.5 Å². The molecule has 1 N–H and O–H groups in total.